The molecule has 2 heteroatoms. The zero-order chi connectivity index (χ0) is 7.28. The molecule has 0 spiro atoms. The standard InChI is InChI=1S/C7H14O2/c1-3-6(2)4-5-7(8)9/h6H,3-5H2,1-2H3,(H,8,9)/p-1/t6-/m0/s1. The van der Waals surface area contributed by atoms with Gasteiger partial charge in [-0.2, -0.15) is 0 Å². The van der Waals surface area contributed by atoms with E-state index in [1.807, 2.05) is 6.92 Å². The first-order chi connectivity index (χ1) is 4.16. The molecule has 9 heavy (non-hydrogen) atoms. The van der Waals surface area contributed by atoms with Crippen LogP contribution in [0.15, 0.2) is 0 Å². The number of rotatable bonds is 4. The summed E-state index contributed by atoms with van der Waals surface area (Å²) in [4.78, 5) is 9.91. The van der Waals surface area contributed by atoms with E-state index in [0.717, 1.165) is 12.8 Å². The van der Waals surface area contributed by atoms with Crippen LogP contribution in [0.3, 0.4) is 0 Å². The van der Waals surface area contributed by atoms with Gasteiger partial charge in [-0.1, -0.05) is 20.3 Å². The van der Waals surface area contributed by atoms with Crippen molar-refractivity contribution in [1.82, 2.24) is 0 Å². The summed E-state index contributed by atoms with van der Waals surface area (Å²) in [5.74, 6) is -0.418. The molecule has 0 fully saturated rings. The van der Waals surface area contributed by atoms with Crippen LogP contribution in [0.2, 0.25) is 0 Å². The lowest BCUT2D eigenvalue weighted by Crippen LogP contribution is -2.22. The van der Waals surface area contributed by atoms with Gasteiger partial charge in [0.1, 0.15) is 0 Å². The lowest BCUT2D eigenvalue weighted by Gasteiger charge is -2.07. The molecule has 0 saturated heterocycles. The molecule has 0 saturated carbocycles. The summed E-state index contributed by atoms with van der Waals surface area (Å²) in [6, 6.07) is 0. The maximum Gasteiger partial charge on any atom is 0.0414 e. The fraction of sp³-hybridized carbons (Fsp3) is 0.857. The van der Waals surface area contributed by atoms with E-state index in [2.05, 4.69) is 6.92 Å². The van der Waals surface area contributed by atoms with Crippen LogP contribution in [0.1, 0.15) is 33.1 Å². The van der Waals surface area contributed by atoms with Gasteiger partial charge in [-0.05, 0) is 18.8 Å². The molecule has 54 valence electrons. The zero-order valence-electron chi connectivity index (χ0n) is 6.02. The molecule has 0 N–H and O–H groups in total. The number of carbonyl (C=O) groups is 1. The summed E-state index contributed by atoms with van der Waals surface area (Å²) in [7, 11) is 0. The Morgan fingerprint density at radius 3 is 2.56 bits per heavy atom. The molecule has 0 aromatic heterocycles. The topological polar surface area (TPSA) is 40.1 Å². The molecule has 0 aliphatic carbocycles. The smallest absolute Gasteiger partial charge is 0.0414 e. The van der Waals surface area contributed by atoms with E-state index in [-0.39, 0.29) is 6.42 Å². The number of carboxylic acids is 1. The highest BCUT2D eigenvalue weighted by molar-refractivity contribution is 5.64. The van der Waals surface area contributed by atoms with Gasteiger partial charge >= 0.3 is 0 Å². The van der Waals surface area contributed by atoms with E-state index in [4.69, 9.17) is 0 Å². The predicted octanol–water partition coefficient (Wildman–Crippen LogP) is 0.563. The van der Waals surface area contributed by atoms with Crippen molar-refractivity contribution in [3.63, 3.8) is 0 Å². The van der Waals surface area contributed by atoms with E-state index in [1.165, 1.54) is 0 Å². The van der Waals surface area contributed by atoms with Gasteiger partial charge in [0.15, 0.2) is 0 Å². The van der Waals surface area contributed by atoms with Crippen molar-refractivity contribution in [2.75, 3.05) is 0 Å². The maximum atomic E-state index is 9.91. The summed E-state index contributed by atoms with van der Waals surface area (Å²) < 4.78 is 0. The van der Waals surface area contributed by atoms with Gasteiger partial charge in [0.25, 0.3) is 0 Å². The molecule has 0 aliphatic heterocycles. The van der Waals surface area contributed by atoms with Crippen molar-refractivity contribution in [3.8, 4) is 0 Å². The third-order valence-electron chi connectivity index (χ3n) is 1.54. The van der Waals surface area contributed by atoms with Crippen molar-refractivity contribution >= 4 is 5.97 Å². The van der Waals surface area contributed by atoms with Crippen molar-refractivity contribution in [3.05, 3.63) is 0 Å². The Kier molecular flexibility index (Phi) is 4.10. The Labute approximate surface area is 55.9 Å². The van der Waals surface area contributed by atoms with Gasteiger partial charge in [0, 0.05) is 5.97 Å². The van der Waals surface area contributed by atoms with Crippen LogP contribution < -0.4 is 5.11 Å². The lowest BCUT2D eigenvalue weighted by atomic mass is 10.0. The summed E-state index contributed by atoms with van der Waals surface area (Å²) in [6.45, 7) is 4.10. The van der Waals surface area contributed by atoms with Crippen LogP contribution in [0.5, 0.6) is 0 Å². The molecule has 0 radical (unpaired) electrons. The van der Waals surface area contributed by atoms with Crippen LogP contribution >= 0.6 is 0 Å². The Morgan fingerprint density at radius 2 is 2.22 bits per heavy atom. The first-order valence-corrected chi connectivity index (χ1v) is 3.36. The van der Waals surface area contributed by atoms with Crippen LogP contribution in [0.25, 0.3) is 0 Å². The first-order valence-electron chi connectivity index (χ1n) is 3.36. The molecule has 0 aliphatic rings. The number of carboxylic acid groups (broad SMARTS) is 1. The fourth-order valence-corrected chi connectivity index (χ4v) is 0.568. The van der Waals surface area contributed by atoms with E-state index in [0.29, 0.717) is 5.92 Å². The number of aliphatic carboxylic acids is 1. The van der Waals surface area contributed by atoms with Crippen molar-refractivity contribution < 1.29 is 9.90 Å². The molecule has 0 aromatic carbocycles. The van der Waals surface area contributed by atoms with Crippen molar-refractivity contribution in [2.45, 2.75) is 33.1 Å². The SMILES string of the molecule is CC[C@H](C)CCC(=O)[O-]. The molecule has 0 unspecified atom stereocenters. The van der Waals surface area contributed by atoms with Gasteiger partial charge in [0.2, 0.25) is 0 Å². The van der Waals surface area contributed by atoms with E-state index in [1.54, 1.807) is 0 Å². The predicted molar refractivity (Wildman–Crippen MR) is 33.7 cm³/mol. The van der Waals surface area contributed by atoms with E-state index >= 15 is 0 Å². The highest BCUT2D eigenvalue weighted by Crippen LogP contribution is 2.07. The van der Waals surface area contributed by atoms with Gasteiger partial charge in [-0.3, -0.25) is 0 Å². The van der Waals surface area contributed by atoms with Gasteiger partial charge in [-0.25, -0.2) is 0 Å². The minimum absolute atomic E-state index is 0.203. The average molecular weight is 129 g/mol. The monoisotopic (exact) mass is 129 g/mol. The zero-order valence-corrected chi connectivity index (χ0v) is 6.02. The Bertz CT molecular complexity index is 88.9. The van der Waals surface area contributed by atoms with Crippen LogP contribution in [-0.2, 0) is 4.79 Å². The summed E-state index contributed by atoms with van der Waals surface area (Å²) in [6.07, 6.45) is 2.00. The summed E-state index contributed by atoms with van der Waals surface area (Å²) >= 11 is 0. The molecule has 0 rings (SSSR count). The van der Waals surface area contributed by atoms with Crippen LogP contribution in [0, 0.1) is 5.92 Å². The Morgan fingerprint density at radius 1 is 1.67 bits per heavy atom. The highest BCUT2D eigenvalue weighted by atomic mass is 16.4. The van der Waals surface area contributed by atoms with Crippen LogP contribution in [0.4, 0.5) is 0 Å². The lowest BCUT2D eigenvalue weighted by molar-refractivity contribution is -0.306. The minimum atomic E-state index is -0.935. The Hall–Kier alpha value is -0.530. The molecule has 0 heterocycles. The number of carbonyl (C=O) groups excluding carboxylic acids is 1. The van der Waals surface area contributed by atoms with Gasteiger partial charge < -0.3 is 9.90 Å². The molecule has 0 aromatic rings. The molecule has 2 nitrogen and oxygen atoms in total. The van der Waals surface area contributed by atoms with Crippen molar-refractivity contribution in [2.24, 2.45) is 5.92 Å². The second-order valence-electron chi connectivity index (χ2n) is 2.42. The molecule has 0 amide bonds. The highest BCUT2D eigenvalue weighted by Gasteiger charge is 1.96. The Balaban J connectivity index is 3.16. The van der Waals surface area contributed by atoms with Gasteiger partial charge in [-0.15, -0.1) is 0 Å². The quantitative estimate of drug-likeness (QED) is 0.556. The third kappa shape index (κ3) is 5.34. The van der Waals surface area contributed by atoms with Crippen LogP contribution in [-0.4, -0.2) is 5.97 Å². The number of hydrogen-bond acceptors (Lipinski definition) is 2. The van der Waals surface area contributed by atoms with Crippen molar-refractivity contribution in [1.29, 1.82) is 0 Å². The van der Waals surface area contributed by atoms with Gasteiger partial charge in [0.05, 0.1) is 0 Å². The van der Waals surface area contributed by atoms with E-state index in [9.17, 15) is 9.90 Å². The summed E-state index contributed by atoms with van der Waals surface area (Å²) in [5, 5.41) is 9.91. The second-order valence-corrected chi connectivity index (χ2v) is 2.42. The minimum Gasteiger partial charge on any atom is -0.550 e. The van der Waals surface area contributed by atoms with E-state index < -0.39 is 5.97 Å². The average Bonchev–Trinajstić information content (AvgIpc) is 1.83. The molecule has 1 atom stereocenters. The summed E-state index contributed by atoms with van der Waals surface area (Å²) in [5.41, 5.74) is 0. The maximum absolute atomic E-state index is 9.91. The first kappa shape index (κ1) is 8.47. The number of hydrogen-bond donors (Lipinski definition) is 0. The fourth-order valence-electron chi connectivity index (χ4n) is 0.568. The molecular formula is C7H13O2-. The normalized spacial score (nSPS) is 13.1. The molecular weight excluding hydrogens is 116 g/mol. The largest absolute Gasteiger partial charge is 0.550 e. The third-order valence-corrected chi connectivity index (χ3v) is 1.54. The second kappa shape index (κ2) is 4.36. The molecule has 0 bridgehead atoms.